The van der Waals surface area contributed by atoms with E-state index in [4.69, 9.17) is 11.6 Å². The average molecular weight is 240 g/mol. The summed E-state index contributed by atoms with van der Waals surface area (Å²) in [6, 6.07) is 5.03. The van der Waals surface area contributed by atoms with Crippen LogP contribution >= 0.6 is 11.6 Å². The smallest absolute Gasteiger partial charge is 0.322 e. The monoisotopic (exact) mass is 239 g/mol. The molecule has 0 N–H and O–H groups in total. The molecule has 1 aliphatic heterocycles. The first-order valence-electron chi connectivity index (χ1n) is 4.71. The number of rotatable bonds is 1. The van der Waals surface area contributed by atoms with Gasteiger partial charge in [0.15, 0.2) is 5.92 Å². The minimum Gasteiger partial charge on any atom is -0.468 e. The van der Waals surface area contributed by atoms with Crippen molar-refractivity contribution >= 4 is 29.2 Å². The molecule has 5 heteroatoms. The summed E-state index contributed by atoms with van der Waals surface area (Å²) in [6.45, 7) is 0. The molecule has 1 aromatic rings. The molecule has 0 aliphatic carbocycles. The molecular weight excluding hydrogens is 230 g/mol. The number of likely N-dealkylation sites (N-methyl/N-ethyl adjacent to an activating group) is 1. The van der Waals surface area contributed by atoms with Gasteiger partial charge in [-0.15, -0.1) is 0 Å². The zero-order valence-electron chi connectivity index (χ0n) is 8.86. The molecule has 0 fully saturated rings. The fourth-order valence-corrected chi connectivity index (χ4v) is 2.03. The van der Waals surface area contributed by atoms with Crippen molar-refractivity contribution in [3.05, 3.63) is 28.8 Å². The van der Waals surface area contributed by atoms with Crippen LogP contribution in [0.5, 0.6) is 0 Å². The average Bonchev–Trinajstić information content (AvgIpc) is 2.51. The van der Waals surface area contributed by atoms with Crippen LogP contribution in [0.1, 0.15) is 11.5 Å². The Morgan fingerprint density at radius 3 is 2.81 bits per heavy atom. The molecule has 84 valence electrons. The van der Waals surface area contributed by atoms with Gasteiger partial charge in [-0.1, -0.05) is 11.6 Å². The van der Waals surface area contributed by atoms with Crippen molar-refractivity contribution in [2.75, 3.05) is 19.1 Å². The van der Waals surface area contributed by atoms with Gasteiger partial charge in [0.1, 0.15) is 0 Å². The summed E-state index contributed by atoms with van der Waals surface area (Å²) in [5.41, 5.74) is 1.30. The van der Waals surface area contributed by atoms with E-state index in [1.54, 1.807) is 25.2 Å². The van der Waals surface area contributed by atoms with Crippen LogP contribution in [-0.4, -0.2) is 26.0 Å². The zero-order valence-corrected chi connectivity index (χ0v) is 9.62. The normalized spacial score (nSPS) is 18.6. The van der Waals surface area contributed by atoms with Crippen LogP contribution in [0.15, 0.2) is 18.2 Å². The van der Waals surface area contributed by atoms with Gasteiger partial charge < -0.3 is 9.64 Å². The second-order valence-electron chi connectivity index (χ2n) is 3.56. The van der Waals surface area contributed by atoms with Crippen LogP contribution in [0.4, 0.5) is 5.69 Å². The van der Waals surface area contributed by atoms with Crippen LogP contribution in [0, 0.1) is 0 Å². The minimum atomic E-state index is -0.885. The zero-order chi connectivity index (χ0) is 11.9. The molecule has 16 heavy (non-hydrogen) atoms. The number of hydrogen-bond donors (Lipinski definition) is 0. The largest absolute Gasteiger partial charge is 0.468 e. The first-order valence-corrected chi connectivity index (χ1v) is 5.09. The van der Waals surface area contributed by atoms with E-state index in [-0.39, 0.29) is 5.91 Å². The summed E-state index contributed by atoms with van der Waals surface area (Å²) < 4.78 is 4.62. The standard InChI is InChI=1S/C11H10ClNO3/c1-13-8-4-3-6(12)5-7(8)9(10(13)14)11(15)16-2/h3-5,9H,1-2H3. The Balaban J connectivity index is 2.55. The minimum absolute atomic E-state index is 0.288. The van der Waals surface area contributed by atoms with Gasteiger partial charge in [0.05, 0.1) is 7.11 Å². The number of anilines is 1. The first-order chi connectivity index (χ1) is 7.56. The summed E-state index contributed by atoms with van der Waals surface area (Å²) in [5, 5.41) is 0.496. The maximum atomic E-state index is 11.9. The molecule has 4 nitrogen and oxygen atoms in total. The van der Waals surface area contributed by atoms with Crippen molar-refractivity contribution in [3.8, 4) is 0 Å². The lowest BCUT2D eigenvalue weighted by Crippen LogP contribution is -2.28. The van der Waals surface area contributed by atoms with Crippen molar-refractivity contribution in [3.63, 3.8) is 0 Å². The number of amides is 1. The number of hydrogen-bond acceptors (Lipinski definition) is 3. The topological polar surface area (TPSA) is 46.6 Å². The van der Waals surface area contributed by atoms with Gasteiger partial charge >= 0.3 is 5.97 Å². The molecule has 0 radical (unpaired) electrons. The molecule has 0 spiro atoms. The number of benzene rings is 1. The molecule has 1 unspecified atom stereocenters. The summed E-state index contributed by atoms with van der Waals surface area (Å²) in [6.07, 6.45) is 0. The number of ether oxygens (including phenoxy) is 1. The van der Waals surface area contributed by atoms with Gasteiger partial charge in [0.2, 0.25) is 5.91 Å². The van der Waals surface area contributed by atoms with Crippen LogP contribution in [0.3, 0.4) is 0 Å². The van der Waals surface area contributed by atoms with Gasteiger partial charge in [-0.05, 0) is 18.2 Å². The Hall–Kier alpha value is -1.55. The van der Waals surface area contributed by atoms with E-state index in [2.05, 4.69) is 4.74 Å². The van der Waals surface area contributed by atoms with E-state index in [9.17, 15) is 9.59 Å². The second-order valence-corrected chi connectivity index (χ2v) is 3.99. The number of fused-ring (bicyclic) bond motifs is 1. The third-order valence-corrected chi connectivity index (χ3v) is 2.91. The van der Waals surface area contributed by atoms with Crippen molar-refractivity contribution in [2.24, 2.45) is 0 Å². The number of methoxy groups -OCH3 is 1. The summed E-state index contributed by atoms with van der Waals surface area (Å²) in [5.74, 6) is -1.73. The van der Waals surface area contributed by atoms with Crippen molar-refractivity contribution < 1.29 is 14.3 Å². The summed E-state index contributed by atoms with van der Waals surface area (Å²) >= 11 is 5.85. The van der Waals surface area contributed by atoms with Crippen LogP contribution in [0.2, 0.25) is 5.02 Å². The van der Waals surface area contributed by atoms with Crippen LogP contribution in [-0.2, 0) is 14.3 Å². The number of carbonyl (C=O) groups excluding carboxylic acids is 2. The SMILES string of the molecule is COC(=O)C1C(=O)N(C)c2ccc(Cl)cc21. The lowest BCUT2D eigenvalue weighted by Gasteiger charge is -2.09. The number of carbonyl (C=O) groups is 2. The molecule has 1 aromatic carbocycles. The number of nitrogens with zero attached hydrogens (tertiary/aromatic N) is 1. The number of halogens is 1. The first kappa shape index (κ1) is 11.0. The lowest BCUT2D eigenvalue weighted by molar-refractivity contribution is -0.145. The molecule has 0 saturated carbocycles. The third-order valence-electron chi connectivity index (χ3n) is 2.68. The molecule has 1 atom stereocenters. The highest BCUT2D eigenvalue weighted by atomic mass is 35.5. The molecule has 1 heterocycles. The highest BCUT2D eigenvalue weighted by Gasteiger charge is 2.41. The van der Waals surface area contributed by atoms with Gasteiger partial charge in [-0.3, -0.25) is 9.59 Å². The van der Waals surface area contributed by atoms with Gasteiger partial charge in [-0.2, -0.15) is 0 Å². The maximum absolute atomic E-state index is 11.9. The van der Waals surface area contributed by atoms with Gasteiger partial charge in [0, 0.05) is 23.3 Å². The summed E-state index contributed by atoms with van der Waals surface area (Å²) in [4.78, 5) is 24.8. The molecule has 2 rings (SSSR count). The predicted octanol–water partition coefficient (Wildman–Crippen LogP) is 1.57. The van der Waals surface area contributed by atoms with Crippen molar-refractivity contribution in [1.29, 1.82) is 0 Å². The molecule has 1 amide bonds. The van der Waals surface area contributed by atoms with Crippen molar-refractivity contribution in [1.82, 2.24) is 0 Å². The van der Waals surface area contributed by atoms with E-state index >= 15 is 0 Å². The Kier molecular flexibility index (Phi) is 2.59. The van der Waals surface area contributed by atoms with Gasteiger partial charge in [-0.25, -0.2) is 0 Å². The van der Waals surface area contributed by atoms with E-state index in [0.717, 1.165) is 0 Å². The molecule has 1 aliphatic rings. The fourth-order valence-electron chi connectivity index (χ4n) is 1.85. The van der Waals surface area contributed by atoms with Crippen molar-refractivity contribution in [2.45, 2.75) is 5.92 Å². The predicted molar refractivity (Wildman–Crippen MR) is 59.6 cm³/mol. The fraction of sp³-hybridized carbons (Fsp3) is 0.273. The molecular formula is C11H10ClNO3. The van der Waals surface area contributed by atoms with E-state index in [1.807, 2.05) is 0 Å². The molecule has 0 bridgehead atoms. The highest BCUT2D eigenvalue weighted by molar-refractivity contribution is 6.31. The van der Waals surface area contributed by atoms with Gasteiger partial charge in [0.25, 0.3) is 0 Å². The van der Waals surface area contributed by atoms with E-state index < -0.39 is 11.9 Å². The molecule has 0 aromatic heterocycles. The Morgan fingerprint density at radius 2 is 2.19 bits per heavy atom. The Labute approximate surface area is 97.7 Å². The summed E-state index contributed by atoms with van der Waals surface area (Å²) in [7, 11) is 2.89. The Morgan fingerprint density at radius 1 is 1.50 bits per heavy atom. The van der Waals surface area contributed by atoms with Crippen LogP contribution < -0.4 is 4.90 Å². The lowest BCUT2D eigenvalue weighted by atomic mass is 10.0. The molecule has 0 saturated heterocycles. The highest BCUT2D eigenvalue weighted by Crippen LogP contribution is 2.38. The van der Waals surface area contributed by atoms with E-state index in [1.165, 1.54) is 12.0 Å². The quantitative estimate of drug-likeness (QED) is 0.552. The Bertz CT molecular complexity index is 472. The maximum Gasteiger partial charge on any atom is 0.322 e. The van der Waals surface area contributed by atoms with Crippen LogP contribution in [0.25, 0.3) is 0 Å². The third kappa shape index (κ3) is 1.46. The second kappa shape index (κ2) is 3.79. The number of esters is 1. The van der Waals surface area contributed by atoms with E-state index in [0.29, 0.717) is 16.3 Å².